The molecule has 0 atom stereocenters. The molecule has 0 radical (unpaired) electrons. The molecule has 96 valence electrons. The largest absolute Gasteiger partial charge is 0.379 e. The summed E-state index contributed by atoms with van der Waals surface area (Å²) < 4.78 is 0. The van der Waals surface area contributed by atoms with Gasteiger partial charge in [0.2, 0.25) is 0 Å². The molecule has 0 spiro atoms. The second-order valence-corrected chi connectivity index (χ2v) is 4.47. The molecule has 7 nitrogen and oxygen atoms in total. The van der Waals surface area contributed by atoms with Gasteiger partial charge < -0.3 is 10.3 Å². The van der Waals surface area contributed by atoms with Crippen molar-refractivity contribution in [1.82, 2.24) is 4.98 Å². The SMILES string of the molecule is N#Cc1ccc(NCc2csc(=O)[nH]2)cc1[N+](=O)[O-]. The van der Waals surface area contributed by atoms with Crippen molar-refractivity contribution in [1.29, 1.82) is 5.26 Å². The van der Waals surface area contributed by atoms with E-state index in [1.54, 1.807) is 17.5 Å². The van der Waals surface area contributed by atoms with Crippen LogP contribution in [0.3, 0.4) is 0 Å². The number of rotatable bonds is 4. The van der Waals surface area contributed by atoms with Crippen molar-refractivity contribution in [2.45, 2.75) is 6.54 Å². The summed E-state index contributed by atoms with van der Waals surface area (Å²) >= 11 is 1.05. The van der Waals surface area contributed by atoms with Gasteiger partial charge in [-0.05, 0) is 12.1 Å². The number of nitriles is 1. The van der Waals surface area contributed by atoms with Crippen molar-refractivity contribution >= 4 is 22.7 Å². The maximum absolute atomic E-state index is 10.9. The Kier molecular flexibility index (Phi) is 3.58. The molecule has 8 heteroatoms. The molecule has 1 aromatic heterocycles. The van der Waals surface area contributed by atoms with E-state index in [0.717, 1.165) is 11.3 Å². The zero-order valence-electron chi connectivity index (χ0n) is 9.54. The van der Waals surface area contributed by atoms with Crippen molar-refractivity contribution in [3.63, 3.8) is 0 Å². The Balaban J connectivity index is 2.17. The van der Waals surface area contributed by atoms with Crippen LogP contribution in [0.4, 0.5) is 11.4 Å². The minimum absolute atomic E-state index is 0.0134. The normalized spacial score (nSPS) is 9.84. The molecule has 1 aromatic carbocycles. The number of hydrogen-bond acceptors (Lipinski definition) is 6. The standard InChI is InChI=1S/C11H8N4O3S/c12-4-7-1-2-8(3-10(7)15(17)18)13-5-9-6-19-11(16)14-9/h1-3,6,13H,5H2,(H,14,16). The number of H-pyrrole nitrogens is 1. The van der Waals surface area contributed by atoms with Crippen LogP contribution in [0.2, 0.25) is 0 Å². The lowest BCUT2D eigenvalue weighted by atomic mass is 10.2. The van der Waals surface area contributed by atoms with E-state index in [-0.39, 0.29) is 16.1 Å². The number of aromatic nitrogens is 1. The number of thiazole rings is 1. The molecule has 0 aliphatic rings. The second kappa shape index (κ2) is 5.32. The van der Waals surface area contributed by atoms with Crippen LogP contribution < -0.4 is 10.2 Å². The number of nitrogens with one attached hydrogen (secondary N) is 2. The molecular formula is C11H8N4O3S. The lowest BCUT2D eigenvalue weighted by Crippen LogP contribution is -2.03. The maximum atomic E-state index is 10.9. The summed E-state index contributed by atoms with van der Waals surface area (Å²) in [4.78, 5) is 23.6. The van der Waals surface area contributed by atoms with Crippen LogP contribution in [0.1, 0.15) is 11.3 Å². The Morgan fingerprint density at radius 1 is 1.53 bits per heavy atom. The number of nitrogens with zero attached hydrogens (tertiary/aromatic N) is 2. The van der Waals surface area contributed by atoms with Crippen LogP contribution in [-0.4, -0.2) is 9.91 Å². The van der Waals surface area contributed by atoms with Gasteiger partial charge in [0.25, 0.3) is 5.69 Å². The van der Waals surface area contributed by atoms with E-state index in [1.165, 1.54) is 12.1 Å². The van der Waals surface area contributed by atoms with Crippen molar-refractivity contribution in [3.05, 3.63) is 54.6 Å². The van der Waals surface area contributed by atoms with E-state index in [4.69, 9.17) is 5.26 Å². The van der Waals surface area contributed by atoms with E-state index in [2.05, 4.69) is 10.3 Å². The zero-order valence-corrected chi connectivity index (χ0v) is 10.4. The molecule has 2 N–H and O–H groups in total. The predicted octanol–water partition coefficient (Wildman–Crippen LogP) is 1.83. The first kappa shape index (κ1) is 12.8. The minimum atomic E-state index is -0.601. The van der Waals surface area contributed by atoms with Gasteiger partial charge in [-0.1, -0.05) is 11.3 Å². The summed E-state index contributed by atoms with van der Waals surface area (Å²) in [6.07, 6.45) is 0. The molecule has 2 aromatic rings. The monoisotopic (exact) mass is 276 g/mol. The first-order valence-electron chi connectivity index (χ1n) is 5.19. The summed E-state index contributed by atoms with van der Waals surface area (Å²) in [7, 11) is 0. The van der Waals surface area contributed by atoms with Gasteiger partial charge in [0.1, 0.15) is 11.6 Å². The highest BCUT2D eigenvalue weighted by Gasteiger charge is 2.14. The van der Waals surface area contributed by atoms with Crippen molar-refractivity contribution < 1.29 is 4.92 Å². The van der Waals surface area contributed by atoms with Crippen molar-refractivity contribution in [2.75, 3.05) is 5.32 Å². The molecule has 0 unspecified atom stereocenters. The first-order valence-corrected chi connectivity index (χ1v) is 6.07. The lowest BCUT2D eigenvalue weighted by Gasteiger charge is -2.05. The van der Waals surface area contributed by atoms with Crippen LogP contribution in [0.5, 0.6) is 0 Å². The third-order valence-corrected chi connectivity index (χ3v) is 3.09. The van der Waals surface area contributed by atoms with Gasteiger partial charge in [-0.3, -0.25) is 14.9 Å². The van der Waals surface area contributed by atoms with Crippen LogP contribution in [0.15, 0.2) is 28.4 Å². The first-order chi connectivity index (χ1) is 9.10. The summed E-state index contributed by atoms with van der Waals surface area (Å²) in [5.74, 6) is 0. The number of benzene rings is 1. The van der Waals surface area contributed by atoms with Gasteiger partial charge in [0.05, 0.1) is 11.5 Å². The van der Waals surface area contributed by atoms with Crippen LogP contribution in [-0.2, 0) is 6.54 Å². The van der Waals surface area contributed by atoms with Gasteiger partial charge >= 0.3 is 4.87 Å². The molecule has 0 saturated heterocycles. The third kappa shape index (κ3) is 2.97. The van der Waals surface area contributed by atoms with E-state index >= 15 is 0 Å². The highest BCUT2D eigenvalue weighted by Crippen LogP contribution is 2.22. The molecule has 0 bridgehead atoms. The summed E-state index contributed by atoms with van der Waals surface area (Å²) in [6.45, 7) is 0.349. The smallest absolute Gasteiger partial charge is 0.304 e. The summed E-state index contributed by atoms with van der Waals surface area (Å²) in [5.41, 5.74) is 0.977. The second-order valence-electron chi connectivity index (χ2n) is 3.63. The Hall–Kier alpha value is -2.66. The van der Waals surface area contributed by atoms with Gasteiger partial charge in [-0.15, -0.1) is 0 Å². The molecule has 0 amide bonds. The molecule has 2 rings (SSSR count). The maximum Gasteiger partial charge on any atom is 0.304 e. The predicted molar refractivity (Wildman–Crippen MR) is 70.1 cm³/mol. The van der Waals surface area contributed by atoms with Crippen LogP contribution >= 0.6 is 11.3 Å². The Morgan fingerprint density at radius 2 is 2.32 bits per heavy atom. The topological polar surface area (TPSA) is 112 Å². The fourth-order valence-electron chi connectivity index (χ4n) is 1.49. The quantitative estimate of drug-likeness (QED) is 0.653. The van der Waals surface area contributed by atoms with E-state index in [9.17, 15) is 14.9 Å². The molecule has 1 heterocycles. The fraction of sp³-hybridized carbons (Fsp3) is 0.0909. The Labute approximate surface area is 111 Å². The molecule has 0 fully saturated rings. The molecule has 0 aliphatic carbocycles. The van der Waals surface area contributed by atoms with Gasteiger partial charge in [-0.25, -0.2) is 0 Å². The number of anilines is 1. The zero-order chi connectivity index (χ0) is 13.8. The van der Waals surface area contributed by atoms with Crippen LogP contribution in [0.25, 0.3) is 0 Å². The molecular weight excluding hydrogens is 268 g/mol. The van der Waals surface area contributed by atoms with Gasteiger partial charge in [0, 0.05) is 22.8 Å². The lowest BCUT2D eigenvalue weighted by molar-refractivity contribution is -0.385. The van der Waals surface area contributed by atoms with Gasteiger partial charge in [-0.2, -0.15) is 5.26 Å². The number of nitro groups is 1. The molecule has 0 saturated carbocycles. The highest BCUT2D eigenvalue weighted by atomic mass is 32.1. The Bertz CT molecular complexity index is 713. The average molecular weight is 276 g/mol. The Morgan fingerprint density at radius 3 is 2.89 bits per heavy atom. The van der Waals surface area contributed by atoms with Crippen molar-refractivity contribution in [2.24, 2.45) is 0 Å². The van der Waals surface area contributed by atoms with Crippen molar-refractivity contribution in [3.8, 4) is 6.07 Å². The number of hydrogen-bond donors (Lipinski definition) is 2. The third-order valence-electron chi connectivity index (χ3n) is 2.37. The van der Waals surface area contributed by atoms with E-state index in [0.29, 0.717) is 17.9 Å². The number of aromatic amines is 1. The molecule has 19 heavy (non-hydrogen) atoms. The summed E-state index contributed by atoms with van der Waals surface area (Å²) in [6, 6.07) is 6.03. The van der Waals surface area contributed by atoms with Crippen LogP contribution in [0, 0.1) is 21.4 Å². The minimum Gasteiger partial charge on any atom is -0.379 e. The van der Waals surface area contributed by atoms with Gasteiger partial charge in [0.15, 0.2) is 0 Å². The average Bonchev–Trinajstić information content (AvgIpc) is 2.81. The summed E-state index contributed by atoms with van der Waals surface area (Å²) in [5, 5.41) is 24.2. The number of nitro benzene ring substituents is 1. The molecule has 0 aliphatic heterocycles. The van der Waals surface area contributed by atoms with E-state index < -0.39 is 4.92 Å². The van der Waals surface area contributed by atoms with E-state index in [1.807, 2.05) is 0 Å². The fourth-order valence-corrected chi connectivity index (χ4v) is 2.07. The highest BCUT2D eigenvalue weighted by molar-refractivity contribution is 7.07.